The number of ether oxygens (including phenoxy) is 1. The van der Waals surface area contributed by atoms with Crippen molar-refractivity contribution in [3.8, 4) is 0 Å². The molecule has 1 fully saturated rings. The van der Waals surface area contributed by atoms with Crippen LogP contribution in [0.25, 0.3) is 10.9 Å². The number of morpholine rings is 1. The number of halogens is 2. The lowest BCUT2D eigenvalue weighted by Gasteiger charge is -2.35. The van der Waals surface area contributed by atoms with Gasteiger partial charge in [-0.2, -0.15) is 0 Å². The Hall–Kier alpha value is -2.05. The SMILES string of the molecule is O=C(NCC(c1ccc(Cl)cc1)N1CCOCC1)c1ccc2[nH]ccc2c1Cl. The predicted octanol–water partition coefficient (Wildman–Crippen LogP) is 4.28. The molecule has 1 aliphatic heterocycles. The van der Waals surface area contributed by atoms with E-state index < -0.39 is 0 Å². The maximum absolute atomic E-state index is 12.8. The number of nitrogens with one attached hydrogen (secondary N) is 2. The first-order chi connectivity index (χ1) is 13.6. The molecule has 7 heteroatoms. The molecule has 0 spiro atoms. The molecule has 0 radical (unpaired) electrons. The molecule has 4 rings (SSSR count). The molecule has 1 aliphatic rings. The van der Waals surface area contributed by atoms with E-state index in [1.807, 2.05) is 42.6 Å². The van der Waals surface area contributed by atoms with E-state index in [1.54, 1.807) is 6.07 Å². The first-order valence-electron chi connectivity index (χ1n) is 9.24. The van der Waals surface area contributed by atoms with Crippen molar-refractivity contribution in [2.45, 2.75) is 6.04 Å². The van der Waals surface area contributed by atoms with Crippen LogP contribution >= 0.6 is 23.2 Å². The smallest absolute Gasteiger partial charge is 0.252 e. The molecule has 1 atom stereocenters. The molecule has 5 nitrogen and oxygen atoms in total. The Kier molecular flexibility index (Phi) is 5.87. The van der Waals surface area contributed by atoms with Crippen LogP contribution in [0.15, 0.2) is 48.7 Å². The van der Waals surface area contributed by atoms with Crippen LogP contribution in [0, 0.1) is 0 Å². The van der Waals surface area contributed by atoms with E-state index in [4.69, 9.17) is 27.9 Å². The maximum Gasteiger partial charge on any atom is 0.252 e. The lowest BCUT2D eigenvalue weighted by molar-refractivity contribution is 0.0162. The second kappa shape index (κ2) is 8.53. The Morgan fingerprint density at radius 3 is 2.61 bits per heavy atom. The number of aromatic amines is 1. The van der Waals surface area contributed by atoms with E-state index in [0.717, 1.165) is 29.6 Å². The van der Waals surface area contributed by atoms with Crippen LogP contribution in [0.5, 0.6) is 0 Å². The third-order valence-electron chi connectivity index (χ3n) is 5.11. The summed E-state index contributed by atoms with van der Waals surface area (Å²) in [6.45, 7) is 3.49. The first kappa shape index (κ1) is 19.3. The van der Waals surface area contributed by atoms with Crippen molar-refractivity contribution in [1.29, 1.82) is 0 Å². The minimum Gasteiger partial charge on any atom is -0.379 e. The third kappa shape index (κ3) is 4.03. The van der Waals surface area contributed by atoms with E-state index in [-0.39, 0.29) is 11.9 Å². The number of carbonyl (C=O) groups excluding carboxylic acids is 1. The number of hydrogen-bond acceptors (Lipinski definition) is 3. The summed E-state index contributed by atoms with van der Waals surface area (Å²) < 4.78 is 5.48. The molecule has 0 saturated carbocycles. The summed E-state index contributed by atoms with van der Waals surface area (Å²) in [4.78, 5) is 18.3. The van der Waals surface area contributed by atoms with Gasteiger partial charge in [-0.1, -0.05) is 35.3 Å². The molecule has 2 aromatic carbocycles. The Balaban J connectivity index is 1.53. The molecule has 0 bridgehead atoms. The van der Waals surface area contributed by atoms with Gasteiger partial charge in [-0.05, 0) is 35.9 Å². The molecular formula is C21H21Cl2N3O2. The Bertz CT molecular complexity index is 965. The van der Waals surface area contributed by atoms with Crippen molar-refractivity contribution < 1.29 is 9.53 Å². The van der Waals surface area contributed by atoms with Gasteiger partial charge in [0.1, 0.15) is 0 Å². The van der Waals surface area contributed by atoms with Crippen molar-refractivity contribution >= 4 is 40.0 Å². The highest BCUT2D eigenvalue weighted by molar-refractivity contribution is 6.38. The number of H-pyrrole nitrogens is 1. The highest BCUT2D eigenvalue weighted by atomic mass is 35.5. The summed E-state index contributed by atoms with van der Waals surface area (Å²) in [6.07, 6.45) is 1.81. The molecule has 1 unspecified atom stereocenters. The number of benzene rings is 2. The second-order valence-corrected chi connectivity index (χ2v) is 7.61. The molecule has 3 aromatic rings. The quantitative estimate of drug-likeness (QED) is 0.651. The van der Waals surface area contributed by atoms with Gasteiger partial charge in [0.25, 0.3) is 5.91 Å². The molecule has 146 valence electrons. The van der Waals surface area contributed by atoms with Crippen LogP contribution in [0.2, 0.25) is 10.0 Å². The summed E-state index contributed by atoms with van der Waals surface area (Å²) >= 11 is 12.5. The van der Waals surface area contributed by atoms with Crippen molar-refractivity contribution in [2.24, 2.45) is 0 Å². The third-order valence-corrected chi connectivity index (χ3v) is 5.77. The van der Waals surface area contributed by atoms with E-state index in [2.05, 4.69) is 15.2 Å². The molecule has 1 aromatic heterocycles. The highest BCUT2D eigenvalue weighted by Crippen LogP contribution is 2.27. The summed E-state index contributed by atoms with van der Waals surface area (Å²) in [5.41, 5.74) is 2.50. The monoisotopic (exact) mass is 417 g/mol. The fraction of sp³-hybridized carbons (Fsp3) is 0.286. The average Bonchev–Trinajstić information content (AvgIpc) is 3.20. The Morgan fingerprint density at radius 2 is 1.86 bits per heavy atom. The number of hydrogen-bond donors (Lipinski definition) is 2. The lowest BCUT2D eigenvalue weighted by Crippen LogP contribution is -2.43. The van der Waals surface area contributed by atoms with E-state index in [1.165, 1.54) is 0 Å². The number of rotatable bonds is 5. The average molecular weight is 418 g/mol. The zero-order chi connectivity index (χ0) is 19.5. The first-order valence-corrected chi connectivity index (χ1v) is 10.00. The fourth-order valence-corrected chi connectivity index (χ4v) is 4.03. The topological polar surface area (TPSA) is 57.4 Å². The zero-order valence-electron chi connectivity index (χ0n) is 15.3. The molecule has 2 heterocycles. The van der Waals surface area contributed by atoms with Gasteiger partial charge >= 0.3 is 0 Å². The van der Waals surface area contributed by atoms with E-state index in [9.17, 15) is 4.79 Å². The maximum atomic E-state index is 12.8. The number of nitrogens with zero attached hydrogens (tertiary/aromatic N) is 1. The van der Waals surface area contributed by atoms with Gasteiger partial charge in [-0.25, -0.2) is 0 Å². The van der Waals surface area contributed by atoms with Gasteiger partial charge in [-0.15, -0.1) is 0 Å². The van der Waals surface area contributed by atoms with Gasteiger partial charge in [0.2, 0.25) is 0 Å². The largest absolute Gasteiger partial charge is 0.379 e. The summed E-state index contributed by atoms with van der Waals surface area (Å²) in [7, 11) is 0. The number of amides is 1. The van der Waals surface area contributed by atoms with Crippen molar-refractivity contribution in [1.82, 2.24) is 15.2 Å². The van der Waals surface area contributed by atoms with Gasteiger partial charge in [-0.3, -0.25) is 9.69 Å². The van der Waals surface area contributed by atoms with Gasteiger partial charge in [0.05, 0.1) is 29.8 Å². The van der Waals surface area contributed by atoms with Gasteiger partial charge < -0.3 is 15.0 Å². The molecule has 28 heavy (non-hydrogen) atoms. The van der Waals surface area contributed by atoms with Crippen molar-refractivity contribution in [3.63, 3.8) is 0 Å². The van der Waals surface area contributed by atoms with Crippen LogP contribution in [-0.2, 0) is 4.74 Å². The number of carbonyl (C=O) groups is 1. The molecule has 1 amide bonds. The van der Waals surface area contributed by atoms with Crippen LogP contribution < -0.4 is 5.32 Å². The standard InChI is InChI=1S/C21H21Cl2N3O2/c22-15-3-1-14(2-4-15)19(26-9-11-28-12-10-26)13-25-21(27)17-5-6-18-16(20(17)23)7-8-24-18/h1-8,19,24H,9-13H2,(H,25,27). The minimum absolute atomic E-state index is 0.0416. The van der Waals surface area contributed by atoms with Crippen LogP contribution in [0.3, 0.4) is 0 Å². The zero-order valence-corrected chi connectivity index (χ0v) is 16.8. The fourth-order valence-electron chi connectivity index (χ4n) is 3.59. The summed E-state index contributed by atoms with van der Waals surface area (Å²) in [6, 6.07) is 13.3. The van der Waals surface area contributed by atoms with Gasteiger partial charge in [0.15, 0.2) is 0 Å². The van der Waals surface area contributed by atoms with Gasteiger partial charge in [0, 0.05) is 41.8 Å². The van der Waals surface area contributed by atoms with Crippen molar-refractivity contribution in [2.75, 3.05) is 32.8 Å². The predicted molar refractivity (Wildman–Crippen MR) is 112 cm³/mol. The normalized spacial score (nSPS) is 16.2. The van der Waals surface area contributed by atoms with Crippen LogP contribution in [-0.4, -0.2) is 48.6 Å². The Morgan fingerprint density at radius 1 is 1.11 bits per heavy atom. The summed E-state index contributed by atoms with van der Waals surface area (Å²) in [5, 5.41) is 5.06. The van der Waals surface area contributed by atoms with Crippen molar-refractivity contribution in [3.05, 3.63) is 69.8 Å². The number of aromatic nitrogens is 1. The molecule has 1 saturated heterocycles. The van der Waals surface area contributed by atoms with E-state index in [0.29, 0.717) is 35.4 Å². The molecule has 0 aliphatic carbocycles. The minimum atomic E-state index is -0.180. The van der Waals surface area contributed by atoms with Crippen LogP contribution in [0.4, 0.5) is 0 Å². The summed E-state index contributed by atoms with van der Waals surface area (Å²) in [5.74, 6) is -0.180. The molecular weight excluding hydrogens is 397 g/mol. The second-order valence-electron chi connectivity index (χ2n) is 6.79. The molecule has 2 N–H and O–H groups in total. The highest BCUT2D eigenvalue weighted by Gasteiger charge is 2.24. The van der Waals surface area contributed by atoms with Crippen LogP contribution in [0.1, 0.15) is 22.0 Å². The number of fused-ring (bicyclic) bond motifs is 1. The Labute approximate surface area is 173 Å². The van der Waals surface area contributed by atoms with E-state index >= 15 is 0 Å². The lowest BCUT2D eigenvalue weighted by atomic mass is 10.0.